The zero-order valence-corrected chi connectivity index (χ0v) is 11.2. The predicted molar refractivity (Wildman–Crippen MR) is 72.6 cm³/mol. The fourth-order valence-corrected chi connectivity index (χ4v) is 2.27. The molecule has 1 N–H and O–H groups in total. The van der Waals surface area contributed by atoms with Crippen molar-refractivity contribution in [1.29, 1.82) is 0 Å². The Morgan fingerprint density at radius 3 is 2.89 bits per heavy atom. The first-order chi connectivity index (χ1) is 8.70. The number of benzene rings is 1. The molecule has 0 radical (unpaired) electrons. The fourth-order valence-electron chi connectivity index (χ4n) is 1.67. The summed E-state index contributed by atoms with van der Waals surface area (Å²) in [5.41, 5.74) is 1.71. The summed E-state index contributed by atoms with van der Waals surface area (Å²) >= 11 is 1.57. The largest absolute Gasteiger partial charge is 0.348 e. The summed E-state index contributed by atoms with van der Waals surface area (Å²) in [4.78, 5) is 13.0. The number of hydrogen-bond donors (Lipinski definition) is 1. The number of carbonyl (C=O) groups is 1. The van der Waals surface area contributed by atoms with E-state index in [9.17, 15) is 4.79 Å². The molecule has 0 saturated heterocycles. The minimum absolute atomic E-state index is 0.0520. The van der Waals surface area contributed by atoms with Gasteiger partial charge in [-0.2, -0.15) is 5.10 Å². The van der Waals surface area contributed by atoms with Crippen LogP contribution in [0.5, 0.6) is 0 Å². The van der Waals surface area contributed by atoms with Crippen LogP contribution in [0.4, 0.5) is 0 Å². The predicted octanol–water partition coefficient (Wildman–Crippen LogP) is 2.07. The third-order valence-corrected chi connectivity index (χ3v) is 3.36. The van der Waals surface area contributed by atoms with Crippen molar-refractivity contribution in [3.8, 4) is 0 Å². The highest BCUT2D eigenvalue weighted by molar-refractivity contribution is 7.98. The van der Waals surface area contributed by atoms with Crippen molar-refractivity contribution in [1.82, 2.24) is 15.1 Å². The van der Waals surface area contributed by atoms with E-state index >= 15 is 0 Å². The lowest BCUT2D eigenvalue weighted by atomic mass is 10.2. The SMILES string of the molecule is CSc1ccccc1C(=O)NCc1cnn(C)c1. The molecule has 0 aliphatic rings. The number of hydrogen-bond acceptors (Lipinski definition) is 3. The van der Waals surface area contributed by atoms with E-state index in [0.717, 1.165) is 10.5 Å². The average molecular weight is 261 g/mol. The zero-order chi connectivity index (χ0) is 13.0. The first-order valence-electron chi connectivity index (χ1n) is 5.59. The van der Waals surface area contributed by atoms with Gasteiger partial charge in [-0.1, -0.05) is 12.1 Å². The van der Waals surface area contributed by atoms with Gasteiger partial charge in [-0.25, -0.2) is 0 Å². The molecular weight excluding hydrogens is 246 g/mol. The summed E-state index contributed by atoms with van der Waals surface area (Å²) in [5, 5.41) is 6.96. The van der Waals surface area contributed by atoms with Gasteiger partial charge in [0.05, 0.1) is 11.8 Å². The van der Waals surface area contributed by atoms with E-state index in [1.54, 1.807) is 22.6 Å². The van der Waals surface area contributed by atoms with E-state index in [1.807, 2.05) is 43.8 Å². The van der Waals surface area contributed by atoms with Crippen molar-refractivity contribution in [2.45, 2.75) is 11.4 Å². The molecule has 5 heteroatoms. The van der Waals surface area contributed by atoms with Crippen molar-refractivity contribution in [2.75, 3.05) is 6.26 Å². The van der Waals surface area contributed by atoms with E-state index in [0.29, 0.717) is 12.1 Å². The molecule has 94 valence electrons. The third kappa shape index (κ3) is 2.92. The van der Waals surface area contributed by atoms with Crippen LogP contribution in [0.3, 0.4) is 0 Å². The van der Waals surface area contributed by atoms with Crippen molar-refractivity contribution in [2.24, 2.45) is 7.05 Å². The molecule has 4 nitrogen and oxygen atoms in total. The van der Waals surface area contributed by atoms with E-state index in [2.05, 4.69) is 10.4 Å². The van der Waals surface area contributed by atoms with Gasteiger partial charge >= 0.3 is 0 Å². The van der Waals surface area contributed by atoms with Crippen LogP contribution in [-0.4, -0.2) is 21.9 Å². The fraction of sp³-hybridized carbons (Fsp3) is 0.231. The lowest BCUT2D eigenvalue weighted by Crippen LogP contribution is -2.23. The number of nitrogens with one attached hydrogen (secondary N) is 1. The average Bonchev–Trinajstić information content (AvgIpc) is 2.81. The number of aromatic nitrogens is 2. The first-order valence-corrected chi connectivity index (χ1v) is 6.82. The summed E-state index contributed by atoms with van der Waals surface area (Å²) in [5.74, 6) is -0.0520. The minimum atomic E-state index is -0.0520. The van der Waals surface area contributed by atoms with E-state index in [1.165, 1.54) is 0 Å². The Morgan fingerprint density at radius 1 is 1.44 bits per heavy atom. The smallest absolute Gasteiger partial charge is 0.252 e. The Kier molecular flexibility index (Phi) is 4.04. The highest BCUT2D eigenvalue weighted by atomic mass is 32.2. The van der Waals surface area contributed by atoms with Crippen molar-refractivity contribution < 1.29 is 4.79 Å². The number of nitrogens with zero attached hydrogens (tertiary/aromatic N) is 2. The van der Waals surface area contributed by atoms with Crippen molar-refractivity contribution in [3.05, 3.63) is 47.8 Å². The van der Waals surface area contributed by atoms with Crippen LogP contribution in [0.15, 0.2) is 41.6 Å². The standard InChI is InChI=1S/C13H15N3OS/c1-16-9-10(8-15-16)7-14-13(17)11-5-3-4-6-12(11)18-2/h3-6,8-9H,7H2,1-2H3,(H,14,17). The number of thioether (sulfide) groups is 1. The molecule has 2 aromatic rings. The third-order valence-electron chi connectivity index (χ3n) is 2.56. The minimum Gasteiger partial charge on any atom is -0.348 e. The van der Waals surface area contributed by atoms with Crippen LogP contribution in [0, 0.1) is 0 Å². The van der Waals surface area contributed by atoms with E-state index in [4.69, 9.17) is 0 Å². The van der Waals surface area contributed by atoms with Gasteiger partial charge in [0, 0.05) is 30.2 Å². The Morgan fingerprint density at radius 2 is 2.22 bits per heavy atom. The van der Waals surface area contributed by atoms with E-state index < -0.39 is 0 Å². The summed E-state index contributed by atoms with van der Waals surface area (Å²) in [7, 11) is 1.86. The maximum absolute atomic E-state index is 12.1. The lowest BCUT2D eigenvalue weighted by Gasteiger charge is -2.07. The molecule has 1 aromatic heterocycles. The van der Waals surface area contributed by atoms with Gasteiger partial charge in [0.1, 0.15) is 0 Å². The molecule has 0 aliphatic heterocycles. The maximum atomic E-state index is 12.1. The summed E-state index contributed by atoms with van der Waals surface area (Å²) < 4.78 is 1.72. The highest BCUT2D eigenvalue weighted by Crippen LogP contribution is 2.19. The van der Waals surface area contributed by atoms with Crippen LogP contribution in [-0.2, 0) is 13.6 Å². The molecule has 0 atom stereocenters. The van der Waals surface area contributed by atoms with Crippen LogP contribution in [0.25, 0.3) is 0 Å². The molecule has 18 heavy (non-hydrogen) atoms. The van der Waals surface area contributed by atoms with Gasteiger partial charge in [-0.3, -0.25) is 9.48 Å². The van der Waals surface area contributed by atoms with Crippen molar-refractivity contribution in [3.63, 3.8) is 0 Å². The molecule has 1 amide bonds. The molecule has 0 aliphatic carbocycles. The summed E-state index contributed by atoms with van der Waals surface area (Å²) in [6.45, 7) is 0.495. The van der Waals surface area contributed by atoms with Gasteiger partial charge in [0.15, 0.2) is 0 Å². The van der Waals surface area contributed by atoms with Crippen LogP contribution < -0.4 is 5.32 Å². The molecule has 0 fully saturated rings. The molecule has 2 rings (SSSR count). The zero-order valence-electron chi connectivity index (χ0n) is 10.4. The molecule has 1 heterocycles. The number of aryl methyl sites for hydroxylation is 1. The van der Waals surface area contributed by atoms with Gasteiger partial charge in [0.25, 0.3) is 5.91 Å². The molecule has 0 saturated carbocycles. The Balaban J connectivity index is 2.03. The molecule has 1 aromatic carbocycles. The summed E-state index contributed by atoms with van der Waals surface area (Å²) in [6, 6.07) is 7.59. The summed E-state index contributed by atoms with van der Waals surface area (Å²) in [6.07, 6.45) is 5.61. The second-order valence-corrected chi connectivity index (χ2v) is 4.75. The quantitative estimate of drug-likeness (QED) is 0.857. The molecular formula is C13H15N3OS. The van der Waals surface area contributed by atoms with Gasteiger partial charge in [0.2, 0.25) is 0 Å². The molecule has 0 bridgehead atoms. The second kappa shape index (κ2) is 5.73. The highest BCUT2D eigenvalue weighted by Gasteiger charge is 2.09. The van der Waals surface area contributed by atoms with Gasteiger partial charge in [-0.05, 0) is 18.4 Å². The van der Waals surface area contributed by atoms with Crippen LogP contribution in [0.2, 0.25) is 0 Å². The monoisotopic (exact) mass is 261 g/mol. The van der Waals surface area contributed by atoms with Crippen molar-refractivity contribution >= 4 is 17.7 Å². The number of carbonyl (C=O) groups excluding carboxylic acids is 1. The van der Waals surface area contributed by atoms with Crippen LogP contribution >= 0.6 is 11.8 Å². The van der Waals surface area contributed by atoms with Crippen LogP contribution in [0.1, 0.15) is 15.9 Å². The van der Waals surface area contributed by atoms with Gasteiger partial charge in [-0.15, -0.1) is 11.8 Å². The molecule has 0 spiro atoms. The number of amides is 1. The Labute approximate surface area is 110 Å². The second-order valence-electron chi connectivity index (χ2n) is 3.91. The Hall–Kier alpha value is -1.75. The molecule has 0 unspecified atom stereocenters. The van der Waals surface area contributed by atoms with E-state index in [-0.39, 0.29) is 5.91 Å². The van der Waals surface area contributed by atoms with Gasteiger partial charge < -0.3 is 5.32 Å². The lowest BCUT2D eigenvalue weighted by molar-refractivity contribution is 0.0948. The first kappa shape index (κ1) is 12.7. The Bertz CT molecular complexity index is 551. The maximum Gasteiger partial charge on any atom is 0.252 e. The number of rotatable bonds is 4. The topological polar surface area (TPSA) is 46.9 Å². The normalized spacial score (nSPS) is 10.3.